The Bertz CT molecular complexity index is 716. The molecular weight excluding hydrogens is 264 g/mol. The average molecular weight is 278 g/mol. The summed E-state index contributed by atoms with van der Waals surface area (Å²) in [4.78, 5) is -0.0821. The van der Waals surface area contributed by atoms with E-state index in [1.54, 1.807) is 19.9 Å². The zero-order valence-electron chi connectivity index (χ0n) is 10.6. The molecule has 2 aromatic rings. The SMILES string of the molecule is Cc1cc(C)c(O)c(S(=O)(=O)c2ccc(O)cc2)c1. The van der Waals surface area contributed by atoms with Gasteiger partial charge in [-0.2, -0.15) is 0 Å². The van der Waals surface area contributed by atoms with Crippen molar-refractivity contribution in [3.8, 4) is 11.5 Å². The topological polar surface area (TPSA) is 74.6 Å². The van der Waals surface area contributed by atoms with E-state index < -0.39 is 9.84 Å². The number of rotatable bonds is 2. The van der Waals surface area contributed by atoms with Gasteiger partial charge in [0.1, 0.15) is 16.4 Å². The average Bonchev–Trinajstić information content (AvgIpc) is 2.34. The minimum atomic E-state index is -3.79. The first kappa shape index (κ1) is 13.4. The minimum absolute atomic E-state index is 0.0106. The Hall–Kier alpha value is -2.01. The lowest BCUT2D eigenvalue weighted by molar-refractivity contribution is 0.454. The van der Waals surface area contributed by atoms with E-state index in [9.17, 15) is 18.6 Å². The van der Waals surface area contributed by atoms with Crippen molar-refractivity contribution in [3.63, 3.8) is 0 Å². The van der Waals surface area contributed by atoms with Crippen LogP contribution >= 0.6 is 0 Å². The quantitative estimate of drug-likeness (QED) is 0.885. The molecule has 0 bridgehead atoms. The first-order valence-electron chi connectivity index (χ1n) is 5.66. The van der Waals surface area contributed by atoms with Gasteiger partial charge in [-0.15, -0.1) is 0 Å². The zero-order chi connectivity index (χ0) is 14.2. The number of hydrogen-bond acceptors (Lipinski definition) is 4. The summed E-state index contributed by atoms with van der Waals surface area (Å²) < 4.78 is 24.9. The smallest absolute Gasteiger partial charge is 0.210 e. The Kier molecular flexibility index (Phi) is 3.24. The first-order chi connectivity index (χ1) is 8.82. The van der Waals surface area contributed by atoms with Crippen molar-refractivity contribution < 1.29 is 18.6 Å². The summed E-state index contributed by atoms with van der Waals surface area (Å²) in [6, 6.07) is 8.36. The lowest BCUT2D eigenvalue weighted by Gasteiger charge is -2.10. The Balaban J connectivity index is 2.66. The highest BCUT2D eigenvalue weighted by atomic mass is 32.2. The molecule has 0 atom stereocenters. The molecule has 0 unspecified atom stereocenters. The van der Waals surface area contributed by atoms with Gasteiger partial charge in [0.15, 0.2) is 0 Å². The lowest BCUT2D eigenvalue weighted by atomic mass is 10.1. The lowest BCUT2D eigenvalue weighted by Crippen LogP contribution is -2.03. The van der Waals surface area contributed by atoms with Crippen LogP contribution in [0.2, 0.25) is 0 Å². The second-order valence-corrected chi connectivity index (χ2v) is 6.34. The number of phenolic OH excluding ortho intramolecular Hbond substituents is 2. The summed E-state index contributed by atoms with van der Waals surface area (Å²) in [6.45, 7) is 3.42. The van der Waals surface area contributed by atoms with Crippen LogP contribution < -0.4 is 0 Å². The molecule has 0 fully saturated rings. The maximum absolute atomic E-state index is 12.4. The summed E-state index contributed by atoms with van der Waals surface area (Å²) in [6.07, 6.45) is 0. The van der Waals surface area contributed by atoms with Crippen molar-refractivity contribution in [3.05, 3.63) is 47.5 Å². The predicted octanol–water partition coefficient (Wildman–Crippen LogP) is 2.55. The molecule has 0 aliphatic heterocycles. The van der Waals surface area contributed by atoms with Gasteiger partial charge in [-0.05, 0) is 55.3 Å². The molecule has 0 spiro atoms. The Morgan fingerprint density at radius 3 is 2.11 bits per heavy atom. The maximum atomic E-state index is 12.4. The van der Waals surface area contributed by atoms with Crippen LogP contribution in [0.15, 0.2) is 46.2 Å². The van der Waals surface area contributed by atoms with Crippen molar-refractivity contribution in [1.29, 1.82) is 0 Å². The molecule has 0 aromatic heterocycles. The van der Waals surface area contributed by atoms with Crippen LogP contribution in [0.3, 0.4) is 0 Å². The van der Waals surface area contributed by atoms with Crippen LogP contribution in [-0.2, 0) is 9.84 Å². The highest BCUT2D eigenvalue weighted by Gasteiger charge is 2.22. The van der Waals surface area contributed by atoms with E-state index in [0.29, 0.717) is 5.56 Å². The van der Waals surface area contributed by atoms with Gasteiger partial charge in [0.25, 0.3) is 0 Å². The van der Waals surface area contributed by atoms with Crippen LogP contribution in [0.25, 0.3) is 0 Å². The number of sulfone groups is 1. The van der Waals surface area contributed by atoms with Crippen molar-refractivity contribution in [2.75, 3.05) is 0 Å². The molecule has 4 nitrogen and oxygen atoms in total. The second-order valence-electron chi connectivity index (χ2n) is 4.43. The predicted molar refractivity (Wildman–Crippen MR) is 71.1 cm³/mol. The van der Waals surface area contributed by atoms with Gasteiger partial charge in [0.05, 0.1) is 4.90 Å². The Morgan fingerprint density at radius 2 is 1.53 bits per heavy atom. The molecule has 100 valence electrons. The van der Waals surface area contributed by atoms with Gasteiger partial charge in [-0.3, -0.25) is 0 Å². The van der Waals surface area contributed by atoms with E-state index in [-0.39, 0.29) is 21.3 Å². The molecule has 0 aliphatic carbocycles. The summed E-state index contributed by atoms with van der Waals surface area (Å²) >= 11 is 0. The van der Waals surface area contributed by atoms with Gasteiger partial charge >= 0.3 is 0 Å². The van der Waals surface area contributed by atoms with E-state index in [4.69, 9.17) is 0 Å². The molecule has 0 saturated carbocycles. The van der Waals surface area contributed by atoms with Crippen LogP contribution in [0.4, 0.5) is 0 Å². The summed E-state index contributed by atoms with van der Waals surface area (Å²) in [7, 11) is -3.79. The molecule has 2 rings (SSSR count). The molecule has 5 heteroatoms. The molecule has 0 amide bonds. The van der Waals surface area contributed by atoms with Crippen molar-refractivity contribution >= 4 is 9.84 Å². The molecular formula is C14H14O4S. The minimum Gasteiger partial charge on any atom is -0.508 e. The highest BCUT2D eigenvalue weighted by Crippen LogP contribution is 2.32. The van der Waals surface area contributed by atoms with Gasteiger partial charge in [-0.1, -0.05) is 6.07 Å². The number of phenols is 2. The molecule has 2 aromatic carbocycles. The number of aryl methyl sites for hydroxylation is 2. The van der Waals surface area contributed by atoms with Gasteiger partial charge < -0.3 is 10.2 Å². The molecule has 0 aliphatic rings. The third kappa shape index (κ3) is 2.42. The van der Waals surface area contributed by atoms with E-state index >= 15 is 0 Å². The fourth-order valence-corrected chi connectivity index (χ4v) is 3.38. The normalized spacial score (nSPS) is 11.5. The monoisotopic (exact) mass is 278 g/mol. The van der Waals surface area contributed by atoms with Crippen LogP contribution in [0.5, 0.6) is 11.5 Å². The fraction of sp³-hybridized carbons (Fsp3) is 0.143. The fourth-order valence-electron chi connectivity index (χ4n) is 1.88. The highest BCUT2D eigenvalue weighted by molar-refractivity contribution is 7.91. The van der Waals surface area contributed by atoms with Crippen molar-refractivity contribution in [2.45, 2.75) is 23.6 Å². The molecule has 2 N–H and O–H groups in total. The number of hydrogen-bond donors (Lipinski definition) is 2. The van der Waals surface area contributed by atoms with Crippen molar-refractivity contribution in [2.24, 2.45) is 0 Å². The van der Waals surface area contributed by atoms with E-state index in [0.717, 1.165) is 5.56 Å². The molecule has 0 radical (unpaired) electrons. The first-order valence-corrected chi connectivity index (χ1v) is 7.15. The van der Waals surface area contributed by atoms with Crippen LogP contribution in [0.1, 0.15) is 11.1 Å². The number of benzene rings is 2. The largest absolute Gasteiger partial charge is 0.508 e. The third-order valence-electron chi connectivity index (χ3n) is 2.85. The van der Waals surface area contributed by atoms with Crippen molar-refractivity contribution in [1.82, 2.24) is 0 Å². The standard InChI is InChI=1S/C14H14O4S/c1-9-7-10(2)14(16)13(8-9)19(17,18)12-5-3-11(15)4-6-12/h3-8,15-16H,1-2H3. The van der Waals surface area contributed by atoms with Gasteiger partial charge in [0.2, 0.25) is 9.84 Å². The Labute approximate surface area is 111 Å². The van der Waals surface area contributed by atoms with E-state index in [1.807, 2.05) is 0 Å². The third-order valence-corrected chi connectivity index (χ3v) is 4.63. The van der Waals surface area contributed by atoms with E-state index in [2.05, 4.69) is 0 Å². The summed E-state index contributed by atoms with van der Waals surface area (Å²) in [5, 5.41) is 19.1. The Morgan fingerprint density at radius 1 is 0.947 bits per heavy atom. The molecule has 0 saturated heterocycles. The van der Waals surface area contributed by atoms with E-state index in [1.165, 1.54) is 30.3 Å². The summed E-state index contributed by atoms with van der Waals surface area (Å²) in [5.74, 6) is -0.248. The van der Waals surface area contributed by atoms with Gasteiger partial charge in [-0.25, -0.2) is 8.42 Å². The second kappa shape index (κ2) is 4.59. The van der Waals surface area contributed by atoms with Crippen LogP contribution in [0, 0.1) is 13.8 Å². The zero-order valence-corrected chi connectivity index (χ0v) is 11.4. The van der Waals surface area contributed by atoms with Crippen LogP contribution in [-0.4, -0.2) is 18.6 Å². The molecule has 0 heterocycles. The maximum Gasteiger partial charge on any atom is 0.210 e. The molecule has 19 heavy (non-hydrogen) atoms. The van der Waals surface area contributed by atoms with Gasteiger partial charge in [0, 0.05) is 0 Å². The number of aromatic hydroxyl groups is 2. The summed E-state index contributed by atoms with van der Waals surface area (Å²) in [5.41, 5.74) is 1.27.